The van der Waals surface area contributed by atoms with E-state index in [1.807, 2.05) is 12.1 Å². The van der Waals surface area contributed by atoms with Crippen LogP contribution in [-0.2, 0) is 16.4 Å². The standard InChI is InChI=1S/C9H15N3O2S/c10-4-8-15(13,14)12-7-3-9-1-5-11-6-2-9/h1-2,5-6,12H,3-4,7-8,10H2. The van der Waals surface area contributed by atoms with E-state index >= 15 is 0 Å². The third-order valence-electron chi connectivity index (χ3n) is 1.87. The quantitative estimate of drug-likeness (QED) is 0.689. The number of rotatable bonds is 6. The van der Waals surface area contributed by atoms with Crippen LogP contribution in [0.15, 0.2) is 24.5 Å². The topological polar surface area (TPSA) is 85.1 Å². The lowest BCUT2D eigenvalue weighted by molar-refractivity contribution is 0.581. The van der Waals surface area contributed by atoms with Gasteiger partial charge < -0.3 is 5.73 Å². The van der Waals surface area contributed by atoms with Crippen molar-refractivity contribution in [2.45, 2.75) is 6.42 Å². The van der Waals surface area contributed by atoms with E-state index in [-0.39, 0.29) is 12.3 Å². The Labute approximate surface area is 89.8 Å². The lowest BCUT2D eigenvalue weighted by Crippen LogP contribution is -2.31. The summed E-state index contributed by atoms with van der Waals surface area (Å²) in [6, 6.07) is 3.72. The normalized spacial score (nSPS) is 11.5. The molecule has 0 amide bonds. The van der Waals surface area contributed by atoms with E-state index in [4.69, 9.17) is 5.73 Å². The smallest absolute Gasteiger partial charge is 0.212 e. The Bertz CT molecular complexity index is 378. The molecule has 1 heterocycles. The van der Waals surface area contributed by atoms with Gasteiger partial charge in [-0.1, -0.05) is 0 Å². The minimum atomic E-state index is -3.19. The first-order valence-electron chi connectivity index (χ1n) is 4.70. The molecule has 3 N–H and O–H groups in total. The fraction of sp³-hybridized carbons (Fsp3) is 0.444. The van der Waals surface area contributed by atoms with Gasteiger partial charge in [-0.25, -0.2) is 13.1 Å². The minimum Gasteiger partial charge on any atom is -0.329 e. The number of hydrogen-bond donors (Lipinski definition) is 2. The number of nitrogens with one attached hydrogen (secondary N) is 1. The summed E-state index contributed by atoms with van der Waals surface area (Å²) in [5.41, 5.74) is 6.23. The van der Waals surface area contributed by atoms with Crippen LogP contribution in [0.2, 0.25) is 0 Å². The molecule has 15 heavy (non-hydrogen) atoms. The molecular formula is C9H15N3O2S. The van der Waals surface area contributed by atoms with Gasteiger partial charge >= 0.3 is 0 Å². The van der Waals surface area contributed by atoms with Crippen molar-refractivity contribution >= 4 is 10.0 Å². The summed E-state index contributed by atoms with van der Waals surface area (Å²) in [7, 11) is -3.19. The van der Waals surface area contributed by atoms with E-state index in [2.05, 4.69) is 9.71 Å². The highest BCUT2D eigenvalue weighted by atomic mass is 32.2. The highest BCUT2D eigenvalue weighted by Gasteiger charge is 2.06. The van der Waals surface area contributed by atoms with Gasteiger partial charge in [-0.3, -0.25) is 4.98 Å². The summed E-state index contributed by atoms with van der Waals surface area (Å²) in [6.07, 6.45) is 4.03. The Hall–Kier alpha value is -0.980. The van der Waals surface area contributed by atoms with E-state index in [1.165, 1.54) is 0 Å². The SMILES string of the molecule is NCCS(=O)(=O)NCCc1ccncc1. The molecule has 6 heteroatoms. The van der Waals surface area contributed by atoms with Crippen molar-refractivity contribution in [2.75, 3.05) is 18.8 Å². The molecule has 0 aromatic carbocycles. The van der Waals surface area contributed by atoms with Gasteiger partial charge in [-0.2, -0.15) is 0 Å². The first-order valence-corrected chi connectivity index (χ1v) is 6.35. The zero-order chi connectivity index (χ0) is 11.1. The highest BCUT2D eigenvalue weighted by molar-refractivity contribution is 7.89. The van der Waals surface area contributed by atoms with Crippen molar-refractivity contribution in [1.82, 2.24) is 9.71 Å². The van der Waals surface area contributed by atoms with Crippen LogP contribution in [0.3, 0.4) is 0 Å². The van der Waals surface area contributed by atoms with Crippen molar-refractivity contribution in [3.8, 4) is 0 Å². The maximum Gasteiger partial charge on any atom is 0.212 e. The van der Waals surface area contributed by atoms with E-state index in [9.17, 15) is 8.42 Å². The molecule has 0 spiro atoms. The summed E-state index contributed by atoms with van der Waals surface area (Å²) in [5.74, 6) is -0.0245. The van der Waals surface area contributed by atoms with Crippen LogP contribution < -0.4 is 10.5 Å². The lowest BCUT2D eigenvalue weighted by atomic mass is 10.2. The zero-order valence-electron chi connectivity index (χ0n) is 8.39. The van der Waals surface area contributed by atoms with Gasteiger partial charge in [0.15, 0.2) is 0 Å². The molecule has 0 fully saturated rings. The van der Waals surface area contributed by atoms with Crippen molar-refractivity contribution in [3.63, 3.8) is 0 Å². The molecule has 0 radical (unpaired) electrons. The van der Waals surface area contributed by atoms with Crippen molar-refractivity contribution in [1.29, 1.82) is 0 Å². The van der Waals surface area contributed by atoms with Gasteiger partial charge in [0.05, 0.1) is 5.75 Å². The van der Waals surface area contributed by atoms with Crippen molar-refractivity contribution in [3.05, 3.63) is 30.1 Å². The molecule has 1 aromatic heterocycles. The molecule has 84 valence electrons. The summed E-state index contributed by atoms with van der Waals surface area (Å²) in [6.45, 7) is 0.539. The molecule has 0 saturated heterocycles. The molecule has 0 aliphatic carbocycles. The Morgan fingerprint density at radius 3 is 2.60 bits per heavy atom. The minimum absolute atomic E-state index is 0.0245. The second-order valence-electron chi connectivity index (χ2n) is 3.11. The average molecular weight is 229 g/mol. The molecule has 0 bridgehead atoms. The molecule has 0 unspecified atom stereocenters. The van der Waals surface area contributed by atoms with Gasteiger partial charge in [0.1, 0.15) is 0 Å². The zero-order valence-corrected chi connectivity index (χ0v) is 9.20. The van der Waals surface area contributed by atoms with Crippen LogP contribution in [0.25, 0.3) is 0 Å². The fourth-order valence-electron chi connectivity index (χ4n) is 1.13. The van der Waals surface area contributed by atoms with Crippen LogP contribution in [0.1, 0.15) is 5.56 Å². The second kappa shape index (κ2) is 5.79. The summed E-state index contributed by atoms with van der Waals surface area (Å²) < 4.78 is 24.9. The summed E-state index contributed by atoms with van der Waals surface area (Å²) in [5, 5.41) is 0. The van der Waals surface area contributed by atoms with E-state index < -0.39 is 10.0 Å². The molecule has 0 atom stereocenters. The van der Waals surface area contributed by atoms with Gasteiger partial charge in [0.25, 0.3) is 0 Å². The van der Waals surface area contributed by atoms with Crippen LogP contribution >= 0.6 is 0 Å². The highest BCUT2D eigenvalue weighted by Crippen LogP contribution is 1.96. The van der Waals surface area contributed by atoms with Gasteiger partial charge in [0.2, 0.25) is 10.0 Å². The van der Waals surface area contributed by atoms with Crippen LogP contribution in [0.4, 0.5) is 0 Å². The monoisotopic (exact) mass is 229 g/mol. The third kappa shape index (κ3) is 4.87. The maximum atomic E-state index is 11.2. The molecular weight excluding hydrogens is 214 g/mol. The lowest BCUT2D eigenvalue weighted by Gasteiger charge is -2.04. The first kappa shape index (κ1) is 12.1. The van der Waals surface area contributed by atoms with Crippen LogP contribution in [0, 0.1) is 0 Å². The van der Waals surface area contributed by atoms with Gasteiger partial charge in [-0.15, -0.1) is 0 Å². The molecule has 1 rings (SSSR count). The number of pyridine rings is 1. The molecule has 0 aliphatic heterocycles. The van der Waals surface area contributed by atoms with Crippen molar-refractivity contribution < 1.29 is 8.42 Å². The number of hydrogen-bond acceptors (Lipinski definition) is 4. The first-order chi connectivity index (χ1) is 7.14. The van der Waals surface area contributed by atoms with Gasteiger partial charge in [-0.05, 0) is 24.1 Å². The maximum absolute atomic E-state index is 11.2. The van der Waals surface area contributed by atoms with Gasteiger partial charge in [0, 0.05) is 25.5 Å². The second-order valence-corrected chi connectivity index (χ2v) is 5.03. The largest absolute Gasteiger partial charge is 0.329 e. The number of nitrogens with two attached hydrogens (primary N) is 1. The van der Waals surface area contributed by atoms with E-state index in [0.717, 1.165) is 5.56 Å². The summed E-state index contributed by atoms with van der Waals surface area (Å²) >= 11 is 0. The van der Waals surface area contributed by atoms with Crippen LogP contribution in [-0.4, -0.2) is 32.2 Å². The molecule has 5 nitrogen and oxygen atoms in total. The summed E-state index contributed by atoms with van der Waals surface area (Å²) in [4.78, 5) is 3.88. The third-order valence-corrected chi connectivity index (χ3v) is 3.29. The van der Waals surface area contributed by atoms with E-state index in [1.54, 1.807) is 12.4 Å². The predicted molar refractivity (Wildman–Crippen MR) is 58.8 cm³/mol. The number of aromatic nitrogens is 1. The van der Waals surface area contributed by atoms with Crippen LogP contribution in [0.5, 0.6) is 0 Å². The Kier molecular flexibility index (Phi) is 4.67. The average Bonchev–Trinajstić information content (AvgIpc) is 2.19. The van der Waals surface area contributed by atoms with Crippen molar-refractivity contribution in [2.24, 2.45) is 5.73 Å². The molecule has 1 aromatic rings. The molecule has 0 saturated carbocycles. The van der Waals surface area contributed by atoms with E-state index in [0.29, 0.717) is 13.0 Å². The number of nitrogens with zero attached hydrogens (tertiary/aromatic N) is 1. The fourth-order valence-corrected chi connectivity index (χ4v) is 2.00. The number of sulfonamides is 1. The predicted octanol–water partition coefficient (Wildman–Crippen LogP) is -0.498. The molecule has 0 aliphatic rings. The Balaban J connectivity index is 2.34. The Morgan fingerprint density at radius 1 is 1.33 bits per heavy atom. The Morgan fingerprint density at radius 2 is 2.00 bits per heavy atom.